The monoisotopic (exact) mass is 370 g/mol. The second kappa shape index (κ2) is 7.36. The molecule has 0 radical (unpaired) electrons. The molecule has 0 aliphatic heterocycles. The first-order chi connectivity index (χ1) is 12.8. The summed E-state index contributed by atoms with van der Waals surface area (Å²) in [6, 6.07) is 6.63. The van der Waals surface area contributed by atoms with Gasteiger partial charge in [0, 0.05) is 29.8 Å². The first-order valence-corrected chi connectivity index (χ1v) is 7.98. The van der Waals surface area contributed by atoms with E-state index >= 15 is 0 Å². The number of carbonyl (C=O) groups is 2. The molecule has 1 aromatic carbocycles. The molecule has 8 heteroatoms. The van der Waals surface area contributed by atoms with Gasteiger partial charge in [-0.25, -0.2) is 9.18 Å². The van der Waals surface area contributed by atoms with Gasteiger partial charge in [0.25, 0.3) is 5.91 Å². The average molecular weight is 370 g/mol. The van der Waals surface area contributed by atoms with E-state index < -0.39 is 23.3 Å². The number of amides is 1. The summed E-state index contributed by atoms with van der Waals surface area (Å²) in [7, 11) is 0. The van der Waals surface area contributed by atoms with Crippen molar-refractivity contribution in [2.45, 2.75) is 20.5 Å². The van der Waals surface area contributed by atoms with E-state index in [1.54, 1.807) is 6.92 Å². The van der Waals surface area contributed by atoms with Crippen LogP contribution in [0, 0.1) is 12.7 Å². The van der Waals surface area contributed by atoms with Gasteiger partial charge in [0.2, 0.25) is 0 Å². The molecule has 0 unspecified atom stereocenters. The third kappa shape index (κ3) is 4.00. The number of pyridine rings is 1. The number of aromatic nitrogens is 1. The van der Waals surface area contributed by atoms with Crippen LogP contribution in [-0.4, -0.2) is 16.9 Å². The molecule has 0 aliphatic rings. The van der Waals surface area contributed by atoms with E-state index in [1.807, 2.05) is 0 Å². The van der Waals surface area contributed by atoms with Crippen molar-refractivity contribution in [3.8, 4) is 0 Å². The van der Waals surface area contributed by atoms with Gasteiger partial charge >= 0.3 is 11.6 Å². The van der Waals surface area contributed by atoms with E-state index in [0.717, 1.165) is 6.07 Å². The zero-order chi connectivity index (χ0) is 19.6. The molecular weight excluding hydrogens is 355 g/mol. The maximum absolute atomic E-state index is 13.3. The molecule has 3 rings (SSSR count). The summed E-state index contributed by atoms with van der Waals surface area (Å²) in [5.74, 6) is -1.75. The number of rotatable bonds is 4. The van der Waals surface area contributed by atoms with Crippen LogP contribution in [0.15, 0.2) is 45.7 Å². The van der Waals surface area contributed by atoms with Crippen LogP contribution in [0.25, 0.3) is 11.0 Å². The van der Waals surface area contributed by atoms with Crippen LogP contribution in [0.4, 0.5) is 10.1 Å². The largest absolute Gasteiger partial charge is 0.461 e. The lowest BCUT2D eigenvalue weighted by Crippen LogP contribution is -2.21. The normalized spacial score (nSPS) is 10.6. The maximum Gasteiger partial charge on any atom is 0.349 e. The highest BCUT2D eigenvalue weighted by Gasteiger charge is 2.18. The van der Waals surface area contributed by atoms with Crippen LogP contribution < -0.4 is 10.9 Å². The molecule has 1 N–H and O–H groups in total. The van der Waals surface area contributed by atoms with E-state index in [1.165, 1.54) is 37.4 Å². The number of hydrogen-bond donors (Lipinski definition) is 1. The number of hydrogen-bond acceptors (Lipinski definition) is 6. The lowest BCUT2D eigenvalue weighted by atomic mass is 10.1. The number of ether oxygens (including phenoxy) is 1. The molecule has 0 atom stereocenters. The molecule has 0 fully saturated rings. The third-order valence-electron chi connectivity index (χ3n) is 3.79. The van der Waals surface area contributed by atoms with Gasteiger partial charge in [-0.05, 0) is 31.2 Å². The molecule has 0 saturated carbocycles. The number of aryl methyl sites for hydroxylation is 1. The topological polar surface area (TPSA) is 98.5 Å². The van der Waals surface area contributed by atoms with Crippen molar-refractivity contribution in [3.05, 3.63) is 69.6 Å². The number of fused-ring (bicyclic) bond motifs is 1. The summed E-state index contributed by atoms with van der Waals surface area (Å²) in [5.41, 5.74) is 0.213. The quantitative estimate of drug-likeness (QED) is 0.709. The van der Waals surface area contributed by atoms with Crippen LogP contribution in [0.3, 0.4) is 0 Å². The van der Waals surface area contributed by atoms with Gasteiger partial charge in [-0.1, -0.05) is 6.07 Å². The van der Waals surface area contributed by atoms with Crippen molar-refractivity contribution < 1.29 is 23.1 Å². The second-order valence-electron chi connectivity index (χ2n) is 5.80. The molecule has 27 heavy (non-hydrogen) atoms. The molecule has 7 nitrogen and oxygen atoms in total. The van der Waals surface area contributed by atoms with E-state index in [0.29, 0.717) is 16.6 Å². The van der Waals surface area contributed by atoms with Crippen molar-refractivity contribution in [2.24, 2.45) is 0 Å². The van der Waals surface area contributed by atoms with Crippen LogP contribution in [-0.2, 0) is 16.1 Å². The number of nitrogens with zero attached hydrogens (tertiary/aromatic N) is 1. The van der Waals surface area contributed by atoms with Gasteiger partial charge in [-0.3, -0.25) is 14.6 Å². The smallest absolute Gasteiger partial charge is 0.349 e. The summed E-state index contributed by atoms with van der Waals surface area (Å²) in [6.07, 6.45) is 1.48. The molecule has 2 aromatic heterocycles. The Morgan fingerprint density at radius 3 is 2.78 bits per heavy atom. The van der Waals surface area contributed by atoms with Crippen molar-refractivity contribution in [1.82, 2.24) is 4.98 Å². The molecule has 0 spiro atoms. The lowest BCUT2D eigenvalue weighted by Gasteiger charge is -2.09. The molecule has 0 bridgehead atoms. The number of nitrogens with one attached hydrogen (secondary N) is 1. The minimum Gasteiger partial charge on any atom is -0.461 e. The molecule has 3 aromatic rings. The Labute approximate surface area is 152 Å². The number of halogens is 1. The average Bonchev–Trinajstić information content (AvgIpc) is 2.61. The Bertz CT molecular complexity index is 1110. The second-order valence-corrected chi connectivity index (χ2v) is 5.80. The van der Waals surface area contributed by atoms with Crippen molar-refractivity contribution in [3.63, 3.8) is 0 Å². The van der Waals surface area contributed by atoms with E-state index in [2.05, 4.69) is 10.3 Å². The minimum atomic E-state index is -0.856. The summed E-state index contributed by atoms with van der Waals surface area (Å²) in [6.45, 7) is 2.83. The zero-order valence-electron chi connectivity index (χ0n) is 14.5. The van der Waals surface area contributed by atoms with Crippen LogP contribution in [0.5, 0.6) is 0 Å². The molecule has 1 amide bonds. The highest BCUT2D eigenvalue weighted by molar-refractivity contribution is 6.05. The predicted octanol–water partition coefficient (Wildman–Crippen LogP) is 2.95. The van der Waals surface area contributed by atoms with Crippen LogP contribution >= 0.6 is 0 Å². The summed E-state index contributed by atoms with van der Waals surface area (Å²) in [4.78, 5) is 39.9. The molecule has 2 heterocycles. The Kier molecular flexibility index (Phi) is 4.98. The summed E-state index contributed by atoms with van der Waals surface area (Å²) < 4.78 is 23.5. The Balaban J connectivity index is 2.03. The van der Waals surface area contributed by atoms with Gasteiger partial charge in [0.15, 0.2) is 5.58 Å². The number of esters is 1. The highest BCUT2D eigenvalue weighted by Crippen LogP contribution is 2.22. The van der Waals surface area contributed by atoms with Gasteiger partial charge in [-0.2, -0.15) is 0 Å². The molecule has 0 aliphatic carbocycles. The van der Waals surface area contributed by atoms with E-state index in [9.17, 15) is 18.8 Å². The van der Waals surface area contributed by atoms with Gasteiger partial charge in [0.1, 0.15) is 18.0 Å². The first kappa shape index (κ1) is 18.2. The minimum absolute atomic E-state index is 0.0855. The van der Waals surface area contributed by atoms with Crippen molar-refractivity contribution in [2.75, 3.05) is 5.32 Å². The summed E-state index contributed by atoms with van der Waals surface area (Å²) in [5, 5.41) is 2.87. The Morgan fingerprint density at radius 2 is 2.07 bits per heavy atom. The highest BCUT2D eigenvalue weighted by atomic mass is 19.1. The zero-order valence-corrected chi connectivity index (χ0v) is 14.5. The first-order valence-electron chi connectivity index (χ1n) is 7.98. The van der Waals surface area contributed by atoms with Crippen molar-refractivity contribution in [1.29, 1.82) is 0 Å². The Hall–Kier alpha value is -3.55. The maximum atomic E-state index is 13.3. The SMILES string of the molecule is CC(=O)OCc1cnc(C)c2oc(=O)c(C(=O)Nc3cccc(F)c3)cc12. The number of carbonyl (C=O) groups excluding carboxylic acids is 2. The third-order valence-corrected chi connectivity index (χ3v) is 3.79. The fourth-order valence-electron chi connectivity index (χ4n) is 2.50. The Morgan fingerprint density at radius 1 is 1.30 bits per heavy atom. The van der Waals surface area contributed by atoms with E-state index in [4.69, 9.17) is 9.15 Å². The van der Waals surface area contributed by atoms with Crippen LogP contribution in [0.1, 0.15) is 28.5 Å². The van der Waals surface area contributed by atoms with Gasteiger partial charge in [-0.15, -0.1) is 0 Å². The lowest BCUT2D eigenvalue weighted by molar-refractivity contribution is -0.142. The number of anilines is 1. The van der Waals surface area contributed by atoms with E-state index in [-0.39, 0.29) is 23.4 Å². The predicted molar refractivity (Wildman–Crippen MR) is 94.8 cm³/mol. The summed E-state index contributed by atoms with van der Waals surface area (Å²) >= 11 is 0. The van der Waals surface area contributed by atoms with Gasteiger partial charge < -0.3 is 14.5 Å². The number of benzene rings is 1. The van der Waals surface area contributed by atoms with Gasteiger partial charge in [0.05, 0.1) is 5.69 Å². The van der Waals surface area contributed by atoms with Crippen LogP contribution in [0.2, 0.25) is 0 Å². The van der Waals surface area contributed by atoms with Crippen molar-refractivity contribution >= 4 is 28.5 Å². The fraction of sp³-hybridized carbons (Fsp3) is 0.158. The fourth-order valence-corrected chi connectivity index (χ4v) is 2.50. The molecular formula is C19H15FN2O5. The molecule has 138 valence electrons. The standard InChI is InChI=1S/C19H15FN2O5/c1-10-17-15(12(8-21-10)9-26-11(2)23)7-16(19(25)27-17)18(24)22-14-5-3-4-13(20)6-14/h3-8H,9H2,1-2H3,(H,22,24). The molecule has 0 saturated heterocycles.